The highest BCUT2D eigenvalue weighted by atomic mass is 32.2. The monoisotopic (exact) mass is 407 g/mol. The molecule has 9 nitrogen and oxygen atoms in total. The zero-order valence-corrected chi connectivity index (χ0v) is 16.9. The van der Waals surface area contributed by atoms with Crippen LogP contribution in [0.25, 0.3) is 0 Å². The van der Waals surface area contributed by atoms with E-state index in [2.05, 4.69) is 15.1 Å². The molecule has 28 heavy (non-hydrogen) atoms. The van der Waals surface area contributed by atoms with Gasteiger partial charge in [0.15, 0.2) is 0 Å². The molecule has 0 atom stereocenters. The second-order valence-electron chi connectivity index (χ2n) is 7.04. The van der Waals surface area contributed by atoms with Crippen LogP contribution in [-0.4, -0.2) is 41.5 Å². The molecular weight excluding hydrogens is 382 g/mol. The van der Waals surface area contributed by atoms with Crippen molar-refractivity contribution in [1.29, 1.82) is 0 Å². The Morgan fingerprint density at radius 1 is 1.29 bits per heavy atom. The summed E-state index contributed by atoms with van der Waals surface area (Å²) < 4.78 is 28.5. The van der Waals surface area contributed by atoms with Gasteiger partial charge in [-0.25, -0.2) is 17.9 Å². The largest absolute Gasteiger partial charge is 0.352 e. The zero-order chi connectivity index (χ0) is 20.3. The maximum Gasteiger partial charge on any atom is 0.345 e. The van der Waals surface area contributed by atoms with Crippen LogP contribution < -0.4 is 15.7 Å². The van der Waals surface area contributed by atoms with Gasteiger partial charge in [0.25, 0.3) is 5.91 Å². The predicted octanol–water partition coefficient (Wildman–Crippen LogP) is 0.881. The highest BCUT2D eigenvalue weighted by molar-refractivity contribution is 7.92. The quantitative estimate of drug-likeness (QED) is 0.661. The highest BCUT2D eigenvalue weighted by Crippen LogP contribution is 2.18. The summed E-state index contributed by atoms with van der Waals surface area (Å²) >= 11 is 0. The van der Waals surface area contributed by atoms with Crippen molar-refractivity contribution < 1.29 is 13.2 Å². The van der Waals surface area contributed by atoms with E-state index in [-0.39, 0.29) is 11.6 Å². The molecule has 1 aliphatic heterocycles. The summed E-state index contributed by atoms with van der Waals surface area (Å²) in [5, 5.41) is 7.16. The maximum atomic E-state index is 12.3. The number of carbonyl (C=O) groups is 1. The second kappa shape index (κ2) is 8.17. The number of amides is 1. The zero-order valence-electron chi connectivity index (χ0n) is 16.1. The predicted molar refractivity (Wildman–Crippen MR) is 106 cm³/mol. The molecule has 2 heterocycles. The van der Waals surface area contributed by atoms with E-state index < -0.39 is 10.0 Å². The molecule has 10 heteroatoms. The summed E-state index contributed by atoms with van der Waals surface area (Å²) in [6.07, 6.45) is 4.52. The number of hydrogen-bond donors (Lipinski definition) is 2. The van der Waals surface area contributed by atoms with E-state index in [9.17, 15) is 18.0 Å². The fourth-order valence-corrected chi connectivity index (χ4v) is 3.82. The highest BCUT2D eigenvalue weighted by Gasteiger charge is 2.16. The lowest BCUT2D eigenvalue weighted by Gasteiger charge is -2.10. The molecule has 0 bridgehead atoms. The van der Waals surface area contributed by atoms with Gasteiger partial charge >= 0.3 is 5.69 Å². The van der Waals surface area contributed by atoms with E-state index in [1.165, 1.54) is 10.7 Å². The number of carbonyl (C=O) groups excluding carboxylic acids is 1. The minimum atomic E-state index is -3.42. The van der Waals surface area contributed by atoms with Crippen molar-refractivity contribution in [3.05, 3.63) is 45.6 Å². The number of fused-ring (bicyclic) bond motifs is 1. The maximum absolute atomic E-state index is 12.3. The lowest BCUT2D eigenvalue weighted by atomic mass is 10.1. The van der Waals surface area contributed by atoms with Crippen LogP contribution in [-0.2, 0) is 29.5 Å². The number of rotatable bonds is 7. The van der Waals surface area contributed by atoms with Crippen molar-refractivity contribution in [3.8, 4) is 0 Å². The Labute approximate surface area is 163 Å². The summed E-state index contributed by atoms with van der Waals surface area (Å²) in [5.74, 6) is 0.541. The number of aryl methyl sites for hydroxylation is 3. The number of sulfonamides is 1. The Hall–Kier alpha value is -2.62. The van der Waals surface area contributed by atoms with Gasteiger partial charge in [-0.05, 0) is 43.9 Å². The van der Waals surface area contributed by atoms with Crippen molar-refractivity contribution in [2.45, 2.75) is 45.7 Å². The van der Waals surface area contributed by atoms with Gasteiger partial charge in [0, 0.05) is 31.6 Å². The minimum absolute atomic E-state index is 0.0870. The van der Waals surface area contributed by atoms with E-state index in [0.29, 0.717) is 30.8 Å². The van der Waals surface area contributed by atoms with Crippen molar-refractivity contribution in [3.63, 3.8) is 0 Å². The average Bonchev–Trinajstić information content (AvgIpc) is 2.95. The van der Waals surface area contributed by atoms with Crippen LogP contribution in [0.15, 0.2) is 23.0 Å². The molecule has 1 aromatic carbocycles. The van der Waals surface area contributed by atoms with Gasteiger partial charge in [-0.3, -0.25) is 14.1 Å². The smallest absolute Gasteiger partial charge is 0.345 e. The molecule has 2 N–H and O–H groups in total. The SMILES string of the molecule is Cc1ccc(C(=O)NCCCn2nc3n(c2=O)CCCC3)cc1NS(C)(=O)=O. The Kier molecular flexibility index (Phi) is 5.87. The van der Waals surface area contributed by atoms with Gasteiger partial charge in [0.2, 0.25) is 10.0 Å². The minimum Gasteiger partial charge on any atom is -0.352 e. The fraction of sp³-hybridized carbons (Fsp3) is 0.500. The molecular formula is C18H25N5O4S. The summed E-state index contributed by atoms with van der Waals surface area (Å²) in [6, 6.07) is 4.85. The Balaban J connectivity index is 1.56. The standard InChI is InChI=1S/C18H25N5O4S/c1-13-7-8-14(12-15(13)21-28(2,26)27)17(24)19-9-5-11-23-18(25)22-10-4-3-6-16(22)20-23/h7-8,12,21H,3-6,9-11H2,1-2H3,(H,19,24). The van der Waals surface area contributed by atoms with Gasteiger partial charge in [0.05, 0.1) is 11.9 Å². The van der Waals surface area contributed by atoms with Crippen LogP contribution in [0.4, 0.5) is 5.69 Å². The van der Waals surface area contributed by atoms with Gasteiger partial charge in [-0.15, -0.1) is 0 Å². The molecule has 1 aromatic heterocycles. The summed E-state index contributed by atoms with van der Waals surface area (Å²) in [4.78, 5) is 24.6. The van der Waals surface area contributed by atoms with E-state index in [4.69, 9.17) is 0 Å². The molecule has 152 valence electrons. The van der Waals surface area contributed by atoms with Crippen LogP contribution in [0.2, 0.25) is 0 Å². The number of nitrogens with one attached hydrogen (secondary N) is 2. The van der Waals surface area contributed by atoms with E-state index in [1.54, 1.807) is 23.6 Å². The molecule has 0 spiro atoms. The third-order valence-corrected chi connectivity index (χ3v) is 5.25. The fourth-order valence-electron chi connectivity index (χ4n) is 3.20. The van der Waals surface area contributed by atoms with E-state index >= 15 is 0 Å². The molecule has 1 amide bonds. The Morgan fingerprint density at radius 3 is 2.79 bits per heavy atom. The van der Waals surface area contributed by atoms with Crippen molar-refractivity contribution in [1.82, 2.24) is 19.7 Å². The second-order valence-corrected chi connectivity index (χ2v) is 8.79. The third-order valence-electron chi connectivity index (χ3n) is 4.66. The molecule has 2 aromatic rings. The van der Waals surface area contributed by atoms with Crippen LogP contribution in [0.5, 0.6) is 0 Å². The van der Waals surface area contributed by atoms with Crippen molar-refractivity contribution >= 4 is 21.6 Å². The molecule has 0 radical (unpaired) electrons. The van der Waals surface area contributed by atoms with Gasteiger partial charge in [0.1, 0.15) is 5.82 Å². The van der Waals surface area contributed by atoms with Gasteiger partial charge in [-0.2, -0.15) is 5.10 Å². The third kappa shape index (κ3) is 4.80. The molecule has 0 aliphatic carbocycles. The molecule has 0 unspecified atom stereocenters. The van der Waals surface area contributed by atoms with E-state index in [1.807, 2.05) is 0 Å². The molecule has 3 rings (SSSR count). The first-order valence-electron chi connectivity index (χ1n) is 9.28. The number of anilines is 1. The Bertz CT molecular complexity index is 1040. The summed E-state index contributed by atoms with van der Waals surface area (Å²) in [7, 11) is -3.42. The Morgan fingerprint density at radius 2 is 2.07 bits per heavy atom. The lowest BCUT2D eigenvalue weighted by molar-refractivity contribution is 0.0952. The first-order chi connectivity index (χ1) is 13.2. The van der Waals surface area contributed by atoms with Crippen LogP contribution in [0, 0.1) is 6.92 Å². The van der Waals surface area contributed by atoms with Crippen molar-refractivity contribution in [2.75, 3.05) is 17.5 Å². The van der Waals surface area contributed by atoms with Gasteiger partial charge < -0.3 is 5.32 Å². The summed E-state index contributed by atoms with van der Waals surface area (Å²) in [5.41, 5.74) is 1.39. The average molecular weight is 407 g/mol. The first kappa shape index (κ1) is 20.1. The normalized spacial score (nSPS) is 13.8. The van der Waals surface area contributed by atoms with Crippen LogP contribution in [0.3, 0.4) is 0 Å². The van der Waals surface area contributed by atoms with E-state index in [0.717, 1.165) is 43.5 Å². The first-order valence-corrected chi connectivity index (χ1v) is 11.2. The molecule has 1 aliphatic rings. The topological polar surface area (TPSA) is 115 Å². The summed E-state index contributed by atoms with van der Waals surface area (Å²) in [6.45, 7) is 3.31. The lowest BCUT2D eigenvalue weighted by Crippen LogP contribution is -2.29. The number of hydrogen-bond acceptors (Lipinski definition) is 5. The molecule has 0 fully saturated rings. The van der Waals surface area contributed by atoms with Crippen LogP contribution in [0.1, 0.15) is 41.0 Å². The number of aromatic nitrogens is 3. The van der Waals surface area contributed by atoms with Gasteiger partial charge in [-0.1, -0.05) is 6.07 Å². The number of nitrogens with zero attached hydrogens (tertiary/aromatic N) is 3. The number of benzene rings is 1. The molecule has 0 saturated carbocycles. The van der Waals surface area contributed by atoms with Crippen molar-refractivity contribution in [2.24, 2.45) is 0 Å². The molecule has 0 saturated heterocycles. The van der Waals surface area contributed by atoms with Crippen LogP contribution >= 0.6 is 0 Å².